The predicted molar refractivity (Wildman–Crippen MR) is 315 cm³/mol. The van der Waals surface area contributed by atoms with Crippen LogP contribution in [0.15, 0.2) is 294 Å². The van der Waals surface area contributed by atoms with E-state index in [1.165, 1.54) is 55.6 Å². The van der Waals surface area contributed by atoms with Crippen molar-refractivity contribution in [1.29, 1.82) is 0 Å². The molecule has 0 saturated heterocycles. The summed E-state index contributed by atoms with van der Waals surface area (Å²) in [5.41, 5.74) is 22.6. The molecule has 356 valence electrons. The molecule has 0 amide bonds. The second-order valence-corrected chi connectivity index (χ2v) is 19.9. The fraction of sp³-hybridized carbons (Fsp3) is 0.0137. The van der Waals surface area contributed by atoms with Crippen molar-refractivity contribution in [2.45, 2.75) is 5.41 Å². The normalized spacial score (nSPS) is 13.8. The minimum absolute atomic E-state index is 0.675. The Morgan fingerprint density at radius 2 is 0.803 bits per heavy atom. The van der Waals surface area contributed by atoms with E-state index in [9.17, 15) is 0 Å². The number of anilines is 3. The van der Waals surface area contributed by atoms with Crippen LogP contribution in [0.5, 0.6) is 0 Å². The first-order valence-electron chi connectivity index (χ1n) is 26.1. The van der Waals surface area contributed by atoms with Gasteiger partial charge in [0.2, 0.25) is 0 Å². The van der Waals surface area contributed by atoms with Crippen LogP contribution >= 0.6 is 0 Å². The van der Waals surface area contributed by atoms with Crippen LogP contribution in [0.3, 0.4) is 0 Å². The van der Waals surface area contributed by atoms with Crippen molar-refractivity contribution < 1.29 is 8.83 Å². The summed E-state index contributed by atoms with van der Waals surface area (Å²) in [6, 6.07) is 104. The predicted octanol–water partition coefficient (Wildman–Crippen LogP) is 20.0. The highest BCUT2D eigenvalue weighted by molar-refractivity contribution is 6.14. The van der Waals surface area contributed by atoms with Crippen molar-refractivity contribution in [3.63, 3.8) is 0 Å². The van der Waals surface area contributed by atoms with Gasteiger partial charge < -0.3 is 13.7 Å². The topological polar surface area (TPSA) is 29.5 Å². The molecule has 2 heterocycles. The molecule has 2 aromatic heterocycles. The first kappa shape index (κ1) is 43.6. The van der Waals surface area contributed by atoms with Crippen molar-refractivity contribution >= 4 is 60.9 Å². The van der Waals surface area contributed by atoms with Gasteiger partial charge in [0.05, 0.1) is 16.5 Å². The summed E-state index contributed by atoms with van der Waals surface area (Å²) in [6.45, 7) is 0. The zero-order valence-corrected chi connectivity index (χ0v) is 41.4. The van der Waals surface area contributed by atoms with E-state index in [4.69, 9.17) is 8.83 Å². The molecule has 0 radical (unpaired) electrons. The highest BCUT2D eigenvalue weighted by atomic mass is 16.3. The van der Waals surface area contributed by atoms with Crippen LogP contribution in [0.4, 0.5) is 17.1 Å². The summed E-state index contributed by atoms with van der Waals surface area (Å²) in [4.78, 5) is 2.43. The first-order valence-corrected chi connectivity index (χ1v) is 26.1. The lowest BCUT2D eigenvalue weighted by molar-refractivity contribution is 0.668. The molecule has 0 N–H and O–H groups in total. The lowest BCUT2D eigenvalue weighted by atomic mass is 9.67. The molecular formula is C73H47NO2. The van der Waals surface area contributed by atoms with E-state index in [0.29, 0.717) is 0 Å². The summed E-state index contributed by atoms with van der Waals surface area (Å²) in [5.74, 6) is 0. The van der Waals surface area contributed by atoms with Gasteiger partial charge in [-0.1, -0.05) is 218 Å². The van der Waals surface area contributed by atoms with Gasteiger partial charge in [0.1, 0.15) is 22.3 Å². The van der Waals surface area contributed by atoms with Crippen LogP contribution in [-0.4, -0.2) is 0 Å². The van der Waals surface area contributed by atoms with Gasteiger partial charge in [-0.25, -0.2) is 0 Å². The Balaban J connectivity index is 0.958. The zero-order valence-electron chi connectivity index (χ0n) is 41.4. The molecule has 1 aliphatic rings. The van der Waals surface area contributed by atoms with E-state index >= 15 is 0 Å². The van der Waals surface area contributed by atoms with Gasteiger partial charge in [-0.2, -0.15) is 0 Å². The molecule has 0 spiro atoms. The Morgan fingerprint density at radius 1 is 0.276 bits per heavy atom. The summed E-state index contributed by atoms with van der Waals surface area (Å²) < 4.78 is 13.0. The molecular weight excluding hydrogens is 923 g/mol. The number of nitrogens with zero attached hydrogens (tertiary/aromatic N) is 1. The van der Waals surface area contributed by atoms with Gasteiger partial charge in [-0.3, -0.25) is 0 Å². The molecule has 14 aromatic rings. The molecule has 3 heteroatoms. The average Bonchev–Trinajstić information content (AvgIpc) is 4.17. The van der Waals surface area contributed by atoms with Crippen molar-refractivity contribution in [2.75, 3.05) is 4.90 Å². The van der Waals surface area contributed by atoms with Gasteiger partial charge in [0.25, 0.3) is 0 Å². The number of furan rings is 2. The minimum Gasteiger partial charge on any atom is -0.456 e. The second-order valence-electron chi connectivity index (χ2n) is 19.9. The van der Waals surface area contributed by atoms with Crippen LogP contribution in [0.2, 0.25) is 0 Å². The average molecular weight is 970 g/mol. The maximum Gasteiger partial charge on any atom is 0.137 e. The van der Waals surface area contributed by atoms with Gasteiger partial charge in [0, 0.05) is 27.5 Å². The smallest absolute Gasteiger partial charge is 0.137 e. The number of hydrogen-bond donors (Lipinski definition) is 0. The Morgan fingerprint density at radius 3 is 1.59 bits per heavy atom. The third-order valence-electron chi connectivity index (χ3n) is 15.8. The summed E-state index contributed by atoms with van der Waals surface area (Å²) >= 11 is 0. The fourth-order valence-electron chi connectivity index (χ4n) is 12.4. The fourth-order valence-corrected chi connectivity index (χ4v) is 12.4. The first-order chi connectivity index (χ1) is 37.7. The van der Waals surface area contributed by atoms with E-state index in [2.05, 4.69) is 278 Å². The van der Waals surface area contributed by atoms with Crippen molar-refractivity contribution in [2.24, 2.45) is 0 Å². The van der Waals surface area contributed by atoms with Crippen LogP contribution < -0.4 is 4.90 Å². The maximum absolute atomic E-state index is 6.75. The second kappa shape index (κ2) is 17.6. The van der Waals surface area contributed by atoms with Gasteiger partial charge in [0.15, 0.2) is 0 Å². The van der Waals surface area contributed by atoms with E-state index < -0.39 is 5.41 Å². The highest BCUT2D eigenvalue weighted by Crippen LogP contribution is 2.59. The minimum atomic E-state index is -0.675. The summed E-state index contributed by atoms with van der Waals surface area (Å²) in [5, 5.41) is 4.34. The molecule has 1 atom stereocenters. The molecule has 0 fully saturated rings. The van der Waals surface area contributed by atoms with E-state index in [0.717, 1.165) is 83.2 Å². The lowest BCUT2D eigenvalue weighted by Crippen LogP contribution is -2.29. The Bertz CT molecular complexity index is 4510. The van der Waals surface area contributed by atoms with E-state index in [1.54, 1.807) is 0 Å². The van der Waals surface area contributed by atoms with Crippen molar-refractivity contribution in [3.8, 4) is 55.6 Å². The number of hydrogen-bond acceptors (Lipinski definition) is 3. The molecule has 1 unspecified atom stereocenters. The highest BCUT2D eigenvalue weighted by Gasteiger charge is 2.47. The quantitative estimate of drug-likeness (QED) is 0.144. The van der Waals surface area contributed by atoms with Gasteiger partial charge >= 0.3 is 0 Å². The van der Waals surface area contributed by atoms with E-state index in [-0.39, 0.29) is 0 Å². The number of para-hydroxylation sites is 1. The van der Waals surface area contributed by atoms with Crippen molar-refractivity contribution in [1.82, 2.24) is 0 Å². The Hall–Kier alpha value is -9.96. The van der Waals surface area contributed by atoms with E-state index in [1.807, 2.05) is 12.1 Å². The standard InChI is InChI=1S/C73H47NO2/c1-4-19-48(20-5-1)52-40-44-69-63(46-52)72-66(34-18-36-70(72)76-69)74(55-41-37-49(38-42-55)51-39-43-68-62(45-51)59-29-13-15-35-67(59)75-68)56-26-16-25-54(47-56)73(53-23-8-3-9-24-53)64-32-14-12-30-61(64)71-60(31-17-33-65(71)73)58-28-11-10-27-57(58)50-21-6-2-7-22-50/h1-47H. The molecule has 0 bridgehead atoms. The monoisotopic (exact) mass is 969 g/mol. The summed E-state index contributed by atoms with van der Waals surface area (Å²) in [7, 11) is 0. The maximum atomic E-state index is 6.75. The summed E-state index contributed by atoms with van der Waals surface area (Å²) in [6.07, 6.45) is 0. The largest absolute Gasteiger partial charge is 0.456 e. The van der Waals surface area contributed by atoms with Gasteiger partial charge in [-0.05, 0) is 145 Å². The Labute approximate surface area is 440 Å². The number of fused-ring (bicyclic) bond motifs is 9. The number of rotatable bonds is 9. The molecule has 0 saturated carbocycles. The Kier molecular flexibility index (Phi) is 10.1. The zero-order chi connectivity index (χ0) is 50.2. The van der Waals surface area contributed by atoms with Crippen LogP contribution in [0.1, 0.15) is 22.3 Å². The lowest BCUT2D eigenvalue weighted by Gasteiger charge is -2.35. The molecule has 76 heavy (non-hydrogen) atoms. The molecule has 15 rings (SSSR count). The molecule has 3 nitrogen and oxygen atoms in total. The third-order valence-corrected chi connectivity index (χ3v) is 15.8. The SMILES string of the molecule is c1ccc(-c2ccc3oc4cccc(N(c5ccc(-c6ccc7oc8ccccc8c7c6)cc5)c5cccc(C6(c7ccccc7)c7ccccc7-c7c(-c8ccccc8-c8ccccc8)cccc76)c5)c4c3c2)cc1. The third kappa shape index (κ3) is 6.83. The van der Waals surface area contributed by atoms with Crippen LogP contribution in [0.25, 0.3) is 99.5 Å². The van der Waals surface area contributed by atoms with Gasteiger partial charge in [-0.15, -0.1) is 0 Å². The molecule has 12 aromatic carbocycles. The number of benzene rings is 12. The van der Waals surface area contributed by atoms with Crippen molar-refractivity contribution in [3.05, 3.63) is 307 Å². The molecule has 0 aliphatic heterocycles. The van der Waals surface area contributed by atoms with Crippen LogP contribution in [0, 0.1) is 0 Å². The molecule has 1 aliphatic carbocycles. The van der Waals surface area contributed by atoms with Crippen LogP contribution in [-0.2, 0) is 5.41 Å².